The first kappa shape index (κ1) is 16.9. The van der Waals surface area contributed by atoms with Crippen molar-refractivity contribution >= 4 is 28.9 Å². The van der Waals surface area contributed by atoms with Crippen LogP contribution >= 0.6 is 0 Å². The van der Waals surface area contributed by atoms with Gasteiger partial charge in [-0.25, -0.2) is 4.79 Å². The molecule has 24 heavy (non-hydrogen) atoms. The standard InChI is InChI=1S/C16H15N3O5/c1-9-3-4-11(16(21)24-2)7-13(9)18-15(20)10-5-6-12(17)14(8-10)19(22)23/h3-8H,17H2,1-2H3,(H,18,20). The SMILES string of the molecule is COC(=O)c1ccc(C)c(NC(=O)c2ccc(N)c([N+](=O)[O-])c2)c1. The van der Waals surface area contributed by atoms with Gasteiger partial charge in [0, 0.05) is 17.3 Å². The molecule has 0 saturated carbocycles. The molecular formula is C16H15N3O5. The quantitative estimate of drug-likeness (QED) is 0.384. The number of aryl methyl sites for hydroxylation is 1. The van der Waals surface area contributed by atoms with E-state index >= 15 is 0 Å². The Morgan fingerprint density at radius 3 is 2.46 bits per heavy atom. The highest BCUT2D eigenvalue weighted by atomic mass is 16.6. The number of carbonyl (C=O) groups is 2. The van der Waals surface area contributed by atoms with E-state index in [0.717, 1.165) is 11.6 Å². The van der Waals surface area contributed by atoms with Gasteiger partial charge in [-0.05, 0) is 36.8 Å². The second-order valence-corrected chi connectivity index (χ2v) is 5.01. The van der Waals surface area contributed by atoms with Crippen LogP contribution in [0.1, 0.15) is 26.3 Å². The van der Waals surface area contributed by atoms with E-state index in [0.29, 0.717) is 5.69 Å². The minimum atomic E-state index is -0.658. The van der Waals surface area contributed by atoms with Gasteiger partial charge in [-0.15, -0.1) is 0 Å². The molecule has 0 spiro atoms. The van der Waals surface area contributed by atoms with Gasteiger partial charge in [-0.3, -0.25) is 14.9 Å². The molecule has 0 fully saturated rings. The number of nitro benzene ring substituents is 1. The van der Waals surface area contributed by atoms with Gasteiger partial charge in [0.25, 0.3) is 11.6 Å². The van der Waals surface area contributed by atoms with Crippen LogP contribution in [0.3, 0.4) is 0 Å². The Morgan fingerprint density at radius 2 is 1.83 bits per heavy atom. The molecule has 0 atom stereocenters. The fraction of sp³-hybridized carbons (Fsp3) is 0.125. The summed E-state index contributed by atoms with van der Waals surface area (Å²) in [5, 5.41) is 13.5. The molecule has 2 aromatic rings. The van der Waals surface area contributed by atoms with Crippen molar-refractivity contribution in [2.75, 3.05) is 18.2 Å². The maximum Gasteiger partial charge on any atom is 0.337 e. The summed E-state index contributed by atoms with van der Waals surface area (Å²) in [6, 6.07) is 8.50. The molecule has 8 nitrogen and oxygen atoms in total. The fourth-order valence-corrected chi connectivity index (χ4v) is 2.04. The Labute approximate surface area is 137 Å². The summed E-state index contributed by atoms with van der Waals surface area (Å²) in [6.07, 6.45) is 0. The monoisotopic (exact) mass is 329 g/mol. The number of nitrogens with two attached hydrogens (primary N) is 1. The number of nitrogens with zero attached hydrogens (tertiary/aromatic N) is 1. The predicted octanol–water partition coefficient (Wildman–Crippen LogP) is 2.52. The Bertz CT molecular complexity index is 832. The Kier molecular flexibility index (Phi) is 4.78. The molecule has 0 saturated heterocycles. The van der Waals surface area contributed by atoms with Crippen LogP contribution in [0.15, 0.2) is 36.4 Å². The second-order valence-electron chi connectivity index (χ2n) is 5.01. The molecule has 2 aromatic carbocycles. The number of esters is 1. The van der Waals surface area contributed by atoms with Crippen molar-refractivity contribution in [1.82, 2.24) is 0 Å². The van der Waals surface area contributed by atoms with E-state index in [9.17, 15) is 19.7 Å². The van der Waals surface area contributed by atoms with Crippen LogP contribution in [0.25, 0.3) is 0 Å². The lowest BCUT2D eigenvalue weighted by atomic mass is 10.1. The number of nitrogen functional groups attached to an aromatic ring is 1. The van der Waals surface area contributed by atoms with E-state index in [1.165, 1.54) is 25.3 Å². The summed E-state index contributed by atoms with van der Waals surface area (Å²) in [7, 11) is 1.26. The lowest BCUT2D eigenvalue weighted by molar-refractivity contribution is -0.383. The first-order chi connectivity index (χ1) is 11.3. The Morgan fingerprint density at radius 1 is 1.17 bits per heavy atom. The van der Waals surface area contributed by atoms with E-state index < -0.39 is 16.8 Å². The van der Waals surface area contributed by atoms with Crippen LogP contribution in [-0.4, -0.2) is 23.9 Å². The third-order valence-corrected chi connectivity index (χ3v) is 3.40. The molecule has 0 aromatic heterocycles. The van der Waals surface area contributed by atoms with E-state index in [4.69, 9.17) is 5.73 Å². The molecule has 2 rings (SSSR count). The molecular weight excluding hydrogens is 314 g/mol. The Balaban J connectivity index is 2.31. The molecule has 0 radical (unpaired) electrons. The topological polar surface area (TPSA) is 125 Å². The molecule has 124 valence electrons. The number of nitrogens with one attached hydrogen (secondary N) is 1. The van der Waals surface area contributed by atoms with Crippen LogP contribution in [0.4, 0.5) is 17.1 Å². The third-order valence-electron chi connectivity index (χ3n) is 3.40. The molecule has 0 aliphatic rings. The van der Waals surface area contributed by atoms with Crippen molar-refractivity contribution in [3.05, 3.63) is 63.2 Å². The van der Waals surface area contributed by atoms with E-state index in [2.05, 4.69) is 10.1 Å². The van der Waals surface area contributed by atoms with Gasteiger partial charge in [0.1, 0.15) is 5.69 Å². The predicted molar refractivity (Wildman–Crippen MR) is 88.0 cm³/mol. The van der Waals surface area contributed by atoms with Gasteiger partial charge >= 0.3 is 5.97 Å². The van der Waals surface area contributed by atoms with Gasteiger partial charge < -0.3 is 15.8 Å². The average Bonchev–Trinajstić information content (AvgIpc) is 2.56. The van der Waals surface area contributed by atoms with Crippen LogP contribution in [-0.2, 0) is 4.74 Å². The zero-order chi connectivity index (χ0) is 17.9. The number of amides is 1. The van der Waals surface area contributed by atoms with Crippen molar-refractivity contribution in [2.24, 2.45) is 0 Å². The summed E-state index contributed by atoms with van der Waals surface area (Å²) in [4.78, 5) is 34.1. The minimum absolute atomic E-state index is 0.0274. The number of hydrogen-bond donors (Lipinski definition) is 2. The number of methoxy groups -OCH3 is 1. The normalized spacial score (nSPS) is 10.1. The molecule has 1 amide bonds. The van der Waals surface area contributed by atoms with Gasteiger partial charge in [0.2, 0.25) is 0 Å². The number of carbonyl (C=O) groups excluding carboxylic acids is 2. The van der Waals surface area contributed by atoms with Crippen LogP contribution < -0.4 is 11.1 Å². The summed E-state index contributed by atoms with van der Waals surface area (Å²) in [5.41, 5.74) is 6.63. The van der Waals surface area contributed by atoms with Gasteiger partial charge in [-0.2, -0.15) is 0 Å². The highest BCUT2D eigenvalue weighted by Gasteiger charge is 2.17. The number of anilines is 2. The van der Waals surface area contributed by atoms with E-state index in [1.807, 2.05) is 0 Å². The molecule has 0 aliphatic carbocycles. The molecule has 8 heteroatoms. The first-order valence-corrected chi connectivity index (χ1v) is 6.87. The molecule has 0 aliphatic heterocycles. The summed E-state index contributed by atoms with van der Waals surface area (Å²) >= 11 is 0. The van der Waals surface area contributed by atoms with Crippen molar-refractivity contribution in [2.45, 2.75) is 6.92 Å². The average molecular weight is 329 g/mol. The molecule has 0 bridgehead atoms. The maximum atomic E-state index is 12.3. The number of nitro groups is 1. The number of benzene rings is 2. The highest BCUT2D eigenvalue weighted by Crippen LogP contribution is 2.24. The highest BCUT2D eigenvalue weighted by molar-refractivity contribution is 6.06. The smallest absolute Gasteiger partial charge is 0.337 e. The van der Waals surface area contributed by atoms with Crippen molar-refractivity contribution < 1.29 is 19.2 Å². The zero-order valence-electron chi connectivity index (χ0n) is 13.0. The lowest BCUT2D eigenvalue weighted by Crippen LogP contribution is -2.14. The van der Waals surface area contributed by atoms with Crippen molar-refractivity contribution in [3.63, 3.8) is 0 Å². The first-order valence-electron chi connectivity index (χ1n) is 6.87. The fourth-order valence-electron chi connectivity index (χ4n) is 2.04. The van der Waals surface area contributed by atoms with E-state index in [1.54, 1.807) is 19.1 Å². The number of ether oxygens (including phenoxy) is 1. The van der Waals surface area contributed by atoms with Crippen LogP contribution in [0.5, 0.6) is 0 Å². The summed E-state index contributed by atoms with van der Waals surface area (Å²) < 4.78 is 4.64. The largest absolute Gasteiger partial charge is 0.465 e. The number of hydrogen-bond acceptors (Lipinski definition) is 6. The van der Waals surface area contributed by atoms with Crippen LogP contribution in [0.2, 0.25) is 0 Å². The zero-order valence-corrected chi connectivity index (χ0v) is 13.0. The number of rotatable bonds is 4. The summed E-state index contributed by atoms with van der Waals surface area (Å²) in [6.45, 7) is 1.75. The molecule has 3 N–H and O–H groups in total. The molecule has 0 unspecified atom stereocenters. The van der Waals surface area contributed by atoms with Gasteiger partial charge in [0.15, 0.2) is 0 Å². The second kappa shape index (κ2) is 6.78. The van der Waals surface area contributed by atoms with Gasteiger partial charge in [0.05, 0.1) is 17.6 Å². The Hall–Kier alpha value is -3.42. The third kappa shape index (κ3) is 3.49. The van der Waals surface area contributed by atoms with Crippen molar-refractivity contribution in [3.8, 4) is 0 Å². The van der Waals surface area contributed by atoms with E-state index in [-0.39, 0.29) is 22.5 Å². The maximum absolute atomic E-state index is 12.3. The van der Waals surface area contributed by atoms with Crippen molar-refractivity contribution in [1.29, 1.82) is 0 Å². The lowest BCUT2D eigenvalue weighted by Gasteiger charge is -2.10. The van der Waals surface area contributed by atoms with Crippen LogP contribution in [0, 0.1) is 17.0 Å². The molecule has 0 heterocycles. The minimum Gasteiger partial charge on any atom is -0.465 e. The summed E-state index contributed by atoms with van der Waals surface area (Å²) in [5.74, 6) is -1.09. The van der Waals surface area contributed by atoms with Gasteiger partial charge in [-0.1, -0.05) is 6.07 Å².